The second-order valence-corrected chi connectivity index (χ2v) is 7.11. The van der Waals surface area contributed by atoms with Crippen LogP contribution < -0.4 is 10.8 Å². The number of carbonyl (C=O) groups excluding carboxylic acids is 1. The van der Waals surface area contributed by atoms with Gasteiger partial charge >= 0.3 is 0 Å². The monoisotopic (exact) mass is 345 g/mol. The van der Waals surface area contributed by atoms with Crippen molar-refractivity contribution in [3.63, 3.8) is 0 Å². The summed E-state index contributed by atoms with van der Waals surface area (Å²) in [6.45, 7) is 5.51. The van der Waals surface area contributed by atoms with Crippen LogP contribution in [0.2, 0.25) is 0 Å². The zero-order valence-electron chi connectivity index (χ0n) is 13.6. The van der Waals surface area contributed by atoms with Crippen molar-refractivity contribution < 1.29 is 10.0 Å². The lowest BCUT2D eigenvalue weighted by atomic mass is 10.1. The maximum Gasteiger partial charge on any atom is 0.284 e. The van der Waals surface area contributed by atoms with Gasteiger partial charge in [-0.05, 0) is 49.2 Å². The highest BCUT2D eigenvalue weighted by atomic mass is 32.1. The summed E-state index contributed by atoms with van der Waals surface area (Å²) in [6, 6.07) is 12.0. The van der Waals surface area contributed by atoms with E-state index in [-0.39, 0.29) is 0 Å². The Hall–Kier alpha value is -1.73. The number of likely N-dealkylation sites (tertiary alicyclic amines) is 1. The van der Waals surface area contributed by atoms with Gasteiger partial charge in [0.25, 0.3) is 5.91 Å². The predicted molar refractivity (Wildman–Crippen MR) is 96.4 cm³/mol. The summed E-state index contributed by atoms with van der Waals surface area (Å²) in [4.78, 5) is 15.4. The van der Waals surface area contributed by atoms with Crippen molar-refractivity contribution >= 4 is 17.2 Å². The number of thiophene rings is 1. The normalized spacial score (nSPS) is 14.9. The number of nitrogens with one attached hydrogen (secondary N) is 2. The molecule has 5 nitrogen and oxygen atoms in total. The molecule has 0 unspecified atom stereocenters. The Bertz CT molecular complexity index is 663. The van der Waals surface area contributed by atoms with Gasteiger partial charge in [-0.15, -0.1) is 11.3 Å². The largest absolute Gasteiger partial charge is 0.311 e. The Morgan fingerprint density at radius 2 is 1.88 bits per heavy atom. The van der Waals surface area contributed by atoms with Gasteiger partial charge in [-0.2, -0.15) is 0 Å². The molecule has 2 aromatic rings. The molecule has 0 aliphatic carbocycles. The average Bonchev–Trinajstić information content (AvgIpc) is 3.30. The van der Waals surface area contributed by atoms with Crippen LogP contribution in [0.3, 0.4) is 0 Å². The summed E-state index contributed by atoms with van der Waals surface area (Å²) in [6.07, 6.45) is 2.68. The Balaban J connectivity index is 1.49. The molecule has 6 heteroatoms. The van der Waals surface area contributed by atoms with E-state index in [1.165, 1.54) is 42.8 Å². The minimum absolute atomic E-state index is 0.468. The number of carbonyl (C=O) groups is 1. The van der Waals surface area contributed by atoms with Crippen molar-refractivity contribution in [1.82, 2.24) is 15.7 Å². The SMILES string of the molecule is O=C(NO)c1ccc(-c2ccc(CNCCN3CCCC3)cc2)s1. The van der Waals surface area contributed by atoms with Gasteiger partial charge in [-0.3, -0.25) is 10.0 Å². The molecule has 2 heterocycles. The average molecular weight is 345 g/mol. The minimum Gasteiger partial charge on any atom is -0.311 e. The molecular formula is C18H23N3O2S. The van der Waals surface area contributed by atoms with Crippen LogP contribution in [0.15, 0.2) is 36.4 Å². The molecule has 1 fully saturated rings. The molecule has 0 bridgehead atoms. The standard InChI is InChI=1S/C18H23N3O2S/c22-18(20-23)17-8-7-16(24-17)15-5-3-14(4-6-15)13-19-9-12-21-10-1-2-11-21/h3-8,19,23H,1-2,9-13H2,(H,20,22). The summed E-state index contributed by atoms with van der Waals surface area (Å²) >= 11 is 1.37. The molecule has 1 aliphatic rings. The zero-order chi connectivity index (χ0) is 16.8. The van der Waals surface area contributed by atoms with Crippen LogP contribution >= 0.6 is 11.3 Å². The van der Waals surface area contributed by atoms with Crippen LogP contribution in [-0.4, -0.2) is 42.2 Å². The van der Waals surface area contributed by atoms with Gasteiger partial charge in [-0.25, -0.2) is 5.48 Å². The molecule has 1 aliphatic heterocycles. The summed E-state index contributed by atoms with van der Waals surface area (Å²) < 4.78 is 0. The summed E-state index contributed by atoms with van der Waals surface area (Å²) in [5, 5.41) is 12.2. The van der Waals surface area contributed by atoms with Crippen LogP contribution in [0.4, 0.5) is 0 Å². The second-order valence-electron chi connectivity index (χ2n) is 6.03. The van der Waals surface area contributed by atoms with Crippen LogP contribution in [-0.2, 0) is 6.54 Å². The van der Waals surface area contributed by atoms with Crippen molar-refractivity contribution in [2.75, 3.05) is 26.2 Å². The van der Waals surface area contributed by atoms with Crippen molar-refractivity contribution in [3.8, 4) is 10.4 Å². The van der Waals surface area contributed by atoms with E-state index in [4.69, 9.17) is 5.21 Å². The van der Waals surface area contributed by atoms with Crippen molar-refractivity contribution in [2.24, 2.45) is 0 Å². The van der Waals surface area contributed by atoms with Gasteiger partial charge in [0.2, 0.25) is 0 Å². The van der Waals surface area contributed by atoms with E-state index < -0.39 is 5.91 Å². The molecule has 1 aromatic carbocycles. The fraction of sp³-hybridized carbons (Fsp3) is 0.389. The topological polar surface area (TPSA) is 64.6 Å². The third-order valence-corrected chi connectivity index (χ3v) is 5.44. The van der Waals surface area contributed by atoms with Crippen LogP contribution in [0.1, 0.15) is 28.1 Å². The molecule has 3 rings (SSSR count). The van der Waals surface area contributed by atoms with Crippen LogP contribution in [0, 0.1) is 0 Å². The van der Waals surface area contributed by atoms with E-state index in [1.54, 1.807) is 11.5 Å². The fourth-order valence-corrected chi connectivity index (χ4v) is 3.83. The van der Waals surface area contributed by atoms with Gasteiger partial charge in [0, 0.05) is 24.5 Å². The van der Waals surface area contributed by atoms with Gasteiger partial charge < -0.3 is 10.2 Å². The first-order valence-corrected chi connectivity index (χ1v) is 9.14. The van der Waals surface area contributed by atoms with E-state index >= 15 is 0 Å². The van der Waals surface area contributed by atoms with E-state index in [1.807, 2.05) is 6.07 Å². The first-order chi connectivity index (χ1) is 11.8. The number of amides is 1. The summed E-state index contributed by atoms with van der Waals surface area (Å²) in [7, 11) is 0. The fourth-order valence-electron chi connectivity index (χ4n) is 2.93. The lowest BCUT2D eigenvalue weighted by Gasteiger charge is -2.14. The lowest BCUT2D eigenvalue weighted by Crippen LogP contribution is -2.29. The zero-order valence-corrected chi connectivity index (χ0v) is 14.4. The van der Waals surface area contributed by atoms with E-state index in [0.717, 1.165) is 30.1 Å². The molecule has 0 atom stereocenters. The molecule has 128 valence electrons. The first-order valence-electron chi connectivity index (χ1n) is 8.33. The number of benzene rings is 1. The third kappa shape index (κ3) is 4.42. The molecule has 1 saturated heterocycles. The van der Waals surface area contributed by atoms with E-state index in [2.05, 4.69) is 34.5 Å². The molecular weight excluding hydrogens is 322 g/mol. The van der Waals surface area contributed by atoms with Gasteiger partial charge in [0.1, 0.15) is 0 Å². The molecule has 1 aromatic heterocycles. The van der Waals surface area contributed by atoms with Crippen molar-refractivity contribution in [2.45, 2.75) is 19.4 Å². The molecule has 1 amide bonds. The number of hydrogen-bond donors (Lipinski definition) is 3. The molecule has 0 saturated carbocycles. The third-order valence-electron chi connectivity index (χ3n) is 4.30. The van der Waals surface area contributed by atoms with Crippen LogP contribution in [0.25, 0.3) is 10.4 Å². The smallest absolute Gasteiger partial charge is 0.284 e. The maximum atomic E-state index is 11.4. The highest BCUT2D eigenvalue weighted by Crippen LogP contribution is 2.28. The van der Waals surface area contributed by atoms with Crippen molar-refractivity contribution in [3.05, 3.63) is 46.8 Å². The molecule has 3 N–H and O–H groups in total. The predicted octanol–water partition coefficient (Wildman–Crippen LogP) is 2.72. The van der Waals surface area contributed by atoms with Gasteiger partial charge in [-0.1, -0.05) is 24.3 Å². The Morgan fingerprint density at radius 3 is 2.58 bits per heavy atom. The molecule has 24 heavy (non-hydrogen) atoms. The molecule has 0 radical (unpaired) electrons. The van der Waals surface area contributed by atoms with E-state index in [9.17, 15) is 4.79 Å². The number of hydrogen-bond acceptors (Lipinski definition) is 5. The first kappa shape index (κ1) is 17.1. The maximum absolute atomic E-state index is 11.4. The lowest BCUT2D eigenvalue weighted by molar-refractivity contribution is 0.0711. The highest BCUT2D eigenvalue weighted by molar-refractivity contribution is 7.17. The van der Waals surface area contributed by atoms with E-state index in [0.29, 0.717) is 4.88 Å². The Morgan fingerprint density at radius 1 is 1.12 bits per heavy atom. The van der Waals surface area contributed by atoms with Gasteiger partial charge in [0.15, 0.2) is 0 Å². The minimum atomic E-state index is -0.468. The second kappa shape index (κ2) is 8.39. The quantitative estimate of drug-likeness (QED) is 0.410. The number of nitrogens with zero attached hydrogens (tertiary/aromatic N) is 1. The number of hydroxylamine groups is 1. The van der Waals surface area contributed by atoms with Crippen LogP contribution in [0.5, 0.6) is 0 Å². The summed E-state index contributed by atoms with van der Waals surface area (Å²) in [5.74, 6) is -0.468. The highest BCUT2D eigenvalue weighted by Gasteiger charge is 2.10. The molecule has 0 spiro atoms. The summed E-state index contributed by atoms with van der Waals surface area (Å²) in [5.41, 5.74) is 4.00. The number of rotatable bonds is 7. The Labute approximate surface area is 146 Å². The van der Waals surface area contributed by atoms with Crippen molar-refractivity contribution in [1.29, 1.82) is 0 Å². The van der Waals surface area contributed by atoms with Gasteiger partial charge in [0.05, 0.1) is 4.88 Å². The Kier molecular flexibility index (Phi) is 5.98.